The predicted molar refractivity (Wildman–Crippen MR) is 123 cm³/mol. The molecule has 1 N–H and O–H groups in total. The molecule has 0 atom stereocenters. The lowest BCUT2D eigenvalue weighted by Crippen LogP contribution is -2.26. The van der Waals surface area contributed by atoms with Gasteiger partial charge in [0.15, 0.2) is 5.13 Å². The Labute approximate surface area is 181 Å². The summed E-state index contributed by atoms with van der Waals surface area (Å²) >= 11 is 1.38. The van der Waals surface area contributed by atoms with E-state index in [1.807, 2.05) is 12.3 Å². The second-order valence-electron chi connectivity index (χ2n) is 8.22. The average Bonchev–Trinajstić information content (AvgIpc) is 3.20. The Bertz CT molecular complexity index is 1050. The number of nitrogens with one attached hydrogen (secondary N) is 1. The van der Waals surface area contributed by atoms with E-state index in [0.717, 1.165) is 11.3 Å². The largest absolute Gasteiger partial charge is 0.342 e. The summed E-state index contributed by atoms with van der Waals surface area (Å²) in [6.07, 6.45) is 0. The molecule has 2 aromatic carbocycles. The lowest BCUT2D eigenvalue weighted by Gasteiger charge is -2.18. The van der Waals surface area contributed by atoms with Crippen LogP contribution in [0, 0.1) is 0 Å². The zero-order chi connectivity index (χ0) is 21.9. The molecule has 0 aliphatic rings. The molecule has 156 valence electrons. The zero-order valence-electron chi connectivity index (χ0n) is 18.0. The molecule has 0 fully saturated rings. The molecular formula is C24H27N3O2S. The van der Waals surface area contributed by atoms with Gasteiger partial charge in [0.1, 0.15) is 0 Å². The van der Waals surface area contributed by atoms with Crippen molar-refractivity contribution in [3.63, 3.8) is 0 Å². The van der Waals surface area contributed by atoms with Crippen molar-refractivity contribution in [2.45, 2.75) is 33.1 Å². The molecule has 0 aliphatic carbocycles. The van der Waals surface area contributed by atoms with Crippen LogP contribution in [0.2, 0.25) is 0 Å². The number of carbonyl (C=O) groups excluding carboxylic acids is 2. The smallest absolute Gasteiger partial charge is 0.257 e. The Morgan fingerprint density at radius 1 is 1.07 bits per heavy atom. The highest BCUT2D eigenvalue weighted by atomic mass is 32.1. The summed E-state index contributed by atoms with van der Waals surface area (Å²) in [6.45, 7) is 9.06. The van der Waals surface area contributed by atoms with Gasteiger partial charge in [-0.2, -0.15) is 0 Å². The molecule has 1 aromatic heterocycles. The third-order valence-corrected chi connectivity index (χ3v) is 5.72. The van der Waals surface area contributed by atoms with E-state index >= 15 is 0 Å². The van der Waals surface area contributed by atoms with Crippen LogP contribution in [0.3, 0.4) is 0 Å². The summed E-state index contributed by atoms with van der Waals surface area (Å²) in [5, 5.41) is 5.29. The van der Waals surface area contributed by atoms with Crippen LogP contribution in [0.1, 0.15) is 54.0 Å². The molecule has 1 heterocycles. The second kappa shape index (κ2) is 8.79. The normalized spacial score (nSPS) is 11.2. The molecule has 0 unspecified atom stereocenters. The molecule has 5 nitrogen and oxygen atoms in total. The first-order valence-corrected chi connectivity index (χ1v) is 10.8. The van der Waals surface area contributed by atoms with Gasteiger partial charge in [-0.3, -0.25) is 14.9 Å². The van der Waals surface area contributed by atoms with E-state index in [1.165, 1.54) is 16.9 Å². The molecule has 3 aromatic rings. The summed E-state index contributed by atoms with van der Waals surface area (Å²) in [5.74, 6) is -0.393. The Morgan fingerprint density at radius 2 is 1.73 bits per heavy atom. The van der Waals surface area contributed by atoms with Crippen LogP contribution in [0.4, 0.5) is 5.13 Å². The van der Waals surface area contributed by atoms with E-state index in [2.05, 4.69) is 55.3 Å². The Hall–Kier alpha value is -2.99. The van der Waals surface area contributed by atoms with Crippen molar-refractivity contribution < 1.29 is 9.59 Å². The van der Waals surface area contributed by atoms with Gasteiger partial charge in [0, 0.05) is 35.7 Å². The minimum atomic E-state index is -0.284. The molecule has 2 amide bonds. The van der Waals surface area contributed by atoms with Crippen LogP contribution in [-0.2, 0) is 5.41 Å². The fourth-order valence-corrected chi connectivity index (χ4v) is 3.65. The van der Waals surface area contributed by atoms with Gasteiger partial charge in [-0.25, -0.2) is 4.98 Å². The lowest BCUT2D eigenvalue weighted by molar-refractivity contribution is 0.0802. The van der Waals surface area contributed by atoms with Crippen LogP contribution < -0.4 is 5.32 Å². The van der Waals surface area contributed by atoms with Gasteiger partial charge in [-0.15, -0.1) is 11.3 Å². The number of aromatic nitrogens is 1. The van der Waals surface area contributed by atoms with Crippen molar-refractivity contribution in [2.24, 2.45) is 0 Å². The first kappa shape index (κ1) is 21.7. The molecule has 3 rings (SSSR count). The monoisotopic (exact) mass is 421 g/mol. The number of thiazole rings is 1. The van der Waals surface area contributed by atoms with Gasteiger partial charge in [0.25, 0.3) is 11.8 Å². The SMILES string of the molecule is CCN(C)C(=O)c1cccc(C(=O)Nc2nc(-c3ccc(C(C)(C)C)cc3)cs2)c1. The lowest BCUT2D eigenvalue weighted by atomic mass is 9.86. The molecule has 0 radical (unpaired) electrons. The number of nitrogens with zero attached hydrogens (tertiary/aromatic N) is 2. The second-order valence-corrected chi connectivity index (χ2v) is 9.08. The molecular weight excluding hydrogens is 394 g/mol. The van der Waals surface area contributed by atoms with Crippen molar-refractivity contribution >= 4 is 28.3 Å². The van der Waals surface area contributed by atoms with Gasteiger partial charge >= 0.3 is 0 Å². The first-order chi connectivity index (χ1) is 14.2. The Morgan fingerprint density at radius 3 is 2.37 bits per heavy atom. The highest BCUT2D eigenvalue weighted by Crippen LogP contribution is 2.28. The van der Waals surface area contributed by atoms with Crippen LogP contribution >= 0.6 is 11.3 Å². The zero-order valence-corrected chi connectivity index (χ0v) is 18.8. The van der Waals surface area contributed by atoms with Crippen LogP contribution in [0.25, 0.3) is 11.3 Å². The minimum absolute atomic E-state index is 0.0988. The predicted octanol–water partition coefficient (Wildman–Crippen LogP) is 5.45. The van der Waals surface area contributed by atoms with E-state index in [-0.39, 0.29) is 17.2 Å². The fraction of sp³-hybridized carbons (Fsp3) is 0.292. The summed E-state index contributed by atoms with van der Waals surface area (Å²) in [6, 6.07) is 15.1. The Kier molecular flexibility index (Phi) is 6.37. The highest BCUT2D eigenvalue weighted by Gasteiger charge is 2.16. The molecule has 0 aliphatic heterocycles. The number of rotatable bonds is 5. The van der Waals surface area contributed by atoms with Gasteiger partial charge < -0.3 is 4.90 Å². The topological polar surface area (TPSA) is 62.3 Å². The summed E-state index contributed by atoms with van der Waals surface area (Å²) < 4.78 is 0. The Balaban J connectivity index is 1.73. The maximum absolute atomic E-state index is 12.7. The minimum Gasteiger partial charge on any atom is -0.342 e. The third-order valence-electron chi connectivity index (χ3n) is 4.96. The maximum Gasteiger partial charge on any atom is 0.257 e. The molecule has 6 heteroatoms. The summed E-state index contributed by atoms with van der Waals surface area (Å²) in [7, 11) is 1.74. The van der Waals surface area contributed by atoms with Crippen molar-refractivity contribution in [3.05, 3.63) is 70.6 Å². The molecule has 0 spiro atoms. The highest BCUT2D eigenvalue weighted by molar-refractivity contribution is 7.14. The van der Waals surface area contributed by atoms with Crippen molar-refractivity contribution in [2.75, 3.05) is 18.9 Å². The van der Waals surface area contributed by atoms with Gasteiger partial charge in [-0.05, 0) is 36.1 Å². The van der Waals surface area contributed by atoms with E-state index in [4.69, 9.17) is 0 Å². The van der Waals surface area contributed by atoms with E-state index in [1.54, 1.807) is 36.2 Å². The molecule has 0 saturated heterocycles. The van der Waals surface area contributed by atoms with Crippen molar-refractivity contribution in [1.82, 2.24) is 9.88 Å². The van der Waals surface area contributed by atoms with Gasteiger partial charge in [0.05, 0.1) is 5.69 Å². The summed E-state index contributed by atoms with van der Waals surface area (Å²) in [5.41, 5.74) is 4.11. The standard InChI is InChI=1S/C24H27N3O2S/c1-6-27(5)22(29)18-9-7-8-17(14-18)21(28)26-23-25-20(15-30-23)16-10-12-19(13-11-16)24(2,3)4/h7-15H,6H2,1-5H3,(H,25,26,28). The van der Waals surface area contributed by atoms with Gasteiger partial charge in [0.2, 0.25) is 0 Å². The quantitative estimate of drug-likeness (QED) is 0.596. The maximum atomic E-state index is 12.7. The van der Waals surface area contributed by atoms with E-state index in [9.17, 15) is 9.59 Å². The van der Waals surface area contributed by atoms with Gasteiger partial charge in [-0.1, -0.05) is 51.1 Å². The molecule has 0 bridgehead atoms. The van der Waals surface area contributed by atoms with Crippen LogP contribution in [0.5, 0.6) is 0 Å². The number of anilines is 1. The van der Waals surface area contributed by atoms with Crippen molar-refractivity contribution in [3.8, 4) is 11.3 Å². The average molecular weight is 422 g/mol. The third kappa shape index (κ3) is 4.94. The first-order valence-electron chi connectivity index (χ1n) is 9.92. The molecule has 0 saturated carbocycles. The molecule has 30 heavy (non-hydrogen) atoms. The number of hydrogen-bond acceptors (Lipinski definition) is 4. The van der Waals surface area contributed by atoms with Crippen LogP contribution in [-0.4, -0.2) is 35.3 Å². The fourth-order valence-electron chi connectivity index (χ4n) is 2.93. The van der Waals surface area contributed by atoms with E-state index in [0.29, 0.717) is 22.8 Å². The van der Waals surface area contributed by atoms with E-state index < -0.39 is 0 Å². The summed E-state index contributed by atoms with van der Waals surface area (Å²) in [4.78, 5) is 31.2. The number of hydrogen-bond donors (Lipinski definition) is 1. The number of carbonyl (C=O) groups is 2. The van der Waals surface area contributed by atoms with Crippen LogP contribution in [0.15, 0.2) is 53.9 Å². The number of benzene rings is 2. The number of amides is 2. The van der Waals surface area contributed by atoms with Crippen molar-refractivity contribution in [1.29, 1.82) is 0 Å².